The molecule has 0 unspecified atom stereocenters. The Kier molecular flexibility index (Phi) is 5.84. The van der Waals surface area contributed by atoms with E-state index in [0.717, 1.165) is 41.6 Å². The second kappa shape index (κ2) is 8.77. The van der Waals surface area contributed by atoms with Crippen LogP contribution in [0.15, 0.2) is 46.9 Å². The van der Waals surface area contributed by atoms with Gasteiger partial charge in [0.25, 0.3) is 11.7 Å². The van der Waals surface area contributed by atoms with Crippen molar-refractivity contribution in [3.8, 4) is 11.5 Å². The van der Waals surface area contributed by atoms with Crippen LogP contribution in [-0.2, 0) is 4.79 Å². The van der Waals surface area contributed by atoms with Crippen molar-refractivity contribution in [1.29, 1.82) is 0 Å². The third-order valence-electron chi connectivity index (χ3n) is 6.66. The van der Waals surface area contributed by atoms with Crippen molar-refractivity contribution in [2.75, 3.05) is 18.4 Å². The fraction of sp³-hybridized carbons (Fsp3) is 0.440. The van der Waals surface area contributed by atoms with E-state index in [1.807, 2.05) is 47.4 Å². The number of carbonyl (C=O) groups is 2. The van der Waals surface area contributed by atoms with Crippen LogP contribution in [0.5, 0.6) is 11.5 Å². The molecule has 168 valence electrons. The maximum atomic E-state index is 12.9. The topological polar surface area (TPSA) is 67.9 Å². The number of carbonyl (C=O) groups excluding carboxylic acids is 2. The average Bonchev–Trinajstić information content (AvgIpc) is 3.16. The lowest BCUT2D eigenvalue weighted by atomic mass is 9.94. The Balaban J connectivity index is 1.16. The van der Waals surface area contributed by atoms with Crippen molar-refractivity contribution in [2.24, 2.45) is 5.92 Å². The zero-order valence-electron chi connectivity index (χ0n) is 17.9. The van der Waals surface area contributed by atoms with Crippen LogP contribution in [0.3, 0.4) is 0 Å². The van der Waals surface area contributed by atoms with Gasteiger partial charge < -0.3 is 19.7 Å². The molecule has 1 saturated heterocycles. The number of halogens is 1. The van der Waals surface area contributed by atoms with Gasteiger partial charge in [-0.1, -0.05) is 22.4 Å². The van der Waals surface area contributed by atoms with Crippen molar-refractivity contribution >= 4 is 33.4 Å². The molecule has 1 aliphatic carbocycles. The Morgan fingerprint density at radius 2 is 1.62 bits per heavy atom. The maximum absolute atomic E-state index is 12.9. The summed E-state index contributed by atoms with van der Waals surface area (Å²) in [5.41, 5.74) is 1.39. The van der Waals surface area contributed by atoms with E-state index in [9.17, 15) is 9.59 Å². The summed E-state index contributed by atoms with van der Waals surface area (Å²) in [6.07, 6.45) is 6.56. The number of rotatable bonds is 3. The van der Waals surface area contributed by atoms with Crippen LogP contribution in [0.1, 0.15) is 55.3 Å². The summed E-state index contributed by atoms with van der Waals surface area (Å²) in [7, 11) is 0. The van der Waals surface area contributed by atoms with Gasteiger partial charge in [-0.15, -0.1) is 0 Å². The van der Waals surface area contributed by atoms with Gasteiger partial charge in [-0.05, 0) is 62.1 Å². The number of ether oxygens (including phenoxy) is 2. The molecule has 2 aliphatic heterocycles. The van der Waals surface area contributed by atoms with Gasteiger partial charge in [0.1, 0.15) is 0 Å². The van der Waals surface area contributed by atoms with Gasteiger partial charge in [-0.25, -0.2) is 0 Å². The first kappa shape index (κ1) is 21.3. The SMILES string of the molecule is O=C(Nc1ccc2c(c1)OC1(CCCCC1)O2)C1CCN(C(=O)c2ccc(Br)cc2)CC1. The monoisotopic (exact) mass is 498 g/mol. The molecular formula is C25H27BrN2O4. The lowest BCUT2D eigenvalue weighted by molar-refractivity contribution is -0.121. The number of benzene rings is 2. The van der Waals surface area contributed by atoms with E-state index in [4.69, 9.17) is 9.47 Å². The first-order valence-corrected chi connectivity index (χ1v) is 12.2. The maximum Gasteiger partial charge on any atom is 0.253 e. The van der Waals surface area contributed by atoms with Gasteiger partial charge in [-0.3, -0.25) is 9.59 Å². The number of nitrogens with one attached hydrogen (secondary N) is 1. The van der Waals surface area contributed by atoms with E-state index in [-0.39, 0.29) is 17.7 Å². The highest BCUT2D eigenvalue weighted by molar-refractivity contribution is 9.10. The lowest BCUT2D eigenvalue weighted by Gasteiger charge is -2.31. The minimum absolute atomic E-state index is 0.00742. The zero-order valence-corrected chi connectivity index (χ0v) is 19.5. The Labute approximate surface area is 196 Å². The molecule has 1 spiro atoms. The molecule has 2 heterocycles. The molecule has 1 saturated carbocycles. The summed E-state index contributed by atoms with van der Waals surface area (Å²) in [4.78, 5) is 27.4. The predicted octanol–water partition coefficient (Wildman–Crippen LogP) is 5.37. The normalized spacial score (nSPS) is 19.7. The Morgan fingerprint density at radius 1 is 0.938 bits per heavy atom. The highest BCUT2D eigenvalue weighted by Gasteiger charge is 2.42. The van der Waals surface area contributed by atoms with Gasteiger partial charge in [0.15, 0.2) is 11.5 Å². The molecule has 2 aromatic carbocycles. The zero-order chi connectivity index (χ0) is 22.1. The second-order valence-electron chi connectivity index (χ2n) is 8.90. The summed E-state index contributed by atoms with van der Waals surface area (Å²) in [5, 5.41) is 3.03. The smallest absolute Gasteiger partial charge is 0.253 e. The van der Waals surface area contributed by atoms with E-state index in [0.29, 0.717) is 37.2 Å². The minimum atomic E-state index is -0.516. The van der Waals surface area contributed by atoms with Gasteiger partial charge in [0.05, 0.1) is 0 Å². The Bertz CT molecular complexity index is 1010. The second-order valence-corrected chi connectivity index (χ2v) is 9.82. The van der Waals surface area contributed by atoms with Gasteiger partial charge >= 0.3 is 0 Å². The largest absolute Gasteiger partial charge is 0.448 e. The molecule has 3 aliphatic rings. The fourth-order valence-electron chi connectivity index (χ4n) is 4.83. The van der Waals surface area contributed by atoms with Crippen LogP contribution in [0.4, 0.5) is 5.69 Å². The van der Waals surface area contributed by atoms with Crippen LogP contribution in [0.2, 0.25) is 0 Å². The van der Waals surface area contributed by atoms with E-state index in [2.05, 4.69) is 21.2 Å². The summed E-state index contributed by atoms with van der Waals surface area (Å²) in [6, 6.07) is 13.0. The fourth-order valence-corrected chi connectivity index (χ4v) is 5.09. The summed E-state index contributed by atoms with van der Waals surface area (Å²) < 4.78 is 13.2. The summed E-state index contributed by atoms with van der Waals surface area (Å²) >= 11 is 3.39. The Morgan fingerprint density at radius 3 is 2.34 bits per heavy atom. The molecule has 2 fully saturated rings. The molecule has 0 bridgehead atoms. The Hall–Kier alpha value is -2.54. The van der Waals surface area contributed by atoms with E-state index in [1.165, 1.54) is 6.42 Å². The molecule has 2 amide bonds. The average molecular weight is 499 g/mol. The predicted molar refractivity (Wildman–Crippen MR) is 125 cm³/mol. The van der Waals surface area contributed by atoms with Crippen molar-refractivity contribution in [3.63, 3.8) is 0 Å². The number of hydrogen-bond acceptors (Lipinski definition) is 4. The first-order valence-electron chi connectivity index (χ1n) is 11.4. The van der Waals surface area contributed by atoms with E-state index in [1.54, 1.807) is 0 Å². The van der Waals surface area contributed by atoms with Crippen LogP contribution < -0.4 is 14.8 Å². The lowest BCUT2D eigenvalue weighted by Crippen LogP contribution is -2.41. The van der Waals surface area contributed by atoms with Crippen molar-refractivity contribution < 1.29 is 19.1 Å². The quantitative estimate of drug-likeness (QED) is 0.617. The number of fused-ring (bicyclic) bond motifs is 1. The number of hydrogen-bond donors (Lipinski definition) is 1. The molecule has 0 radical (unpaired) electrons. The third kappa shape index (κ3) is 4.35. The summed E-state index contributed by atoms with van der Waals surface area (Å²) in [6.45, 7) is 1.16. The molecule has 32 heavy (non-hydrogen) atoms. The number of anilines is 1. The van der Waals surface area contributed by atoms with E-state index < -0.39 is 5.79 Å². The molecule has 6 nitrogen and oxygen atoms in total. The van der Waals surface area contributed by atoms with Crippen LogP contribution >= 0.6 is 15.9 Å². The number of likely N-dealkylation sites (tertiary alicyclic amines) is 1. The highest BCUT2D eigenvalue weighted by Crippen LogP contribution is 2.46. The van der Waals surface area contributed by atoms with Gasteiger partial charge in [0, 0.05) is 53.6 Å². The third-order valence-corrected chi connectivity index (χ3v) is 7.19. The number of nitrogens with zero attached hydrogens (tertiary/aromatic N) is 1. The molecule has 7 heteroatoms. The molecule has 2 aromatic rings. The van der Waals surface area contributed by atoms with Crippen molar-refractivity contribution in [2.45, 2.75) is 50.7 Å². The molecule has 0 aromatic heterocycles. The first-order chi connectivity index (χ1) is 15.5. The summed E-state index contributed by atoms with van der Waals surface area (Å²) in [5.74, 6) is 0.844. The van der Waals surface area contributed by atoms with Crippen molar-refractivity contribution in [3.05, 3.63) is 52.5 Å². The molecular weight excluding hydrogens is 472 g/mol. The number of amides is 2. The minimum Gasteiger partial charge on any atom is -0.448 e. The highest BCUT2D eigenvalue weighted by atomic mass is 79.9. The van der Waals surface area contributed by atoms with Crippen LogP contribution in [-0.4, -0.2) is 35.6 Å². The van der Waals surface area contributed by atoms with Crippen LogP contribution in [0.25, 0.3) is 0 Å². The van der Waals surface area contributed by atoms with Gasteiger partial charge in [0.2, 0.25) is 5.91 Å². The van der Waals surface area contributed by atoms with Gasteiger partial charge in [-0.2, -0.15) is 0 Å². The molecule has 0 atom stereocenters. The standard InChI is InChI=1S/C25H27BrN2O4/c26-19-6-4-18(5-7-19)24(30)28-14-10-17(11-15-28)23(29)27-20-8-9-21-22(16-20)32-25(31-21)12-2-1-3-13-25/h4-9,16-17H,1-3,10-15H2,(H,27,29). The van der Waals surface area contributed by atoms with Crippen LogP contribution in [0, 0.1) is 5.92 Å². The van der Waals surface area contributed by atoms with Crippen molar-refractivity contribution in [1.82, 2.24) is 4.90 Å². The molecule has 5 rings (SSSR count). The van der Waals surface area contributed by atoms with E-state index >= 15 is 0 Å². The molecule has 1 N–H and O–H groups in total. The number of piperidine rings is 1.